The van der Waals surface area contributed by atoms with Gasteiger partial charge in [0.05, 0.1) is 0 Å². The lowest BCUT2D eigenvalue weighted by Crippen LogP contribution is -2.34. The number of amides is 1. The number of thiol groups is 1. The lowest BCUT2D eigenvalue weighted by atomic mass is 9.71. The number of allylic oxidation sites excluding steroid dienone is 2. The molecule has 4 nitrogen and oxygen atoms in total. The third-order valence-corrected chi connectivity index (χ3v) is 4.10. The molecule has 2 rings (SSSR count). The van der Waals surface area contributed by atoms with Gasteiger partial charge in [0.1, 0.15) is 5.76 Å². The molecule has 100 valence electrons. The highest BCUT2D eigenvalue weighted by atomic mass is 32.1. The summed E-state index contributed by atoms with van der Waals surface area (Å²) in [6.07, 6.45) is 1.50. The number of likely N-dealkylation sites (tertiary alicyclic amines) is 1. The molecular weight excluding hydrogens is 250 g/mol. The Kier molecular flexibility index (Phi) is 3.45. The van der Waals surface area contributed by atoms with Crippen LogP contribution in [-0.4, -0.2) is 30.2 Å². The minimum Gasteiger partial charge on any atom is -0.433 e. The van der Waals surface area contributed by atoms with E-state index < -0.39 is 0 Å². The molecule has 1 spiro atoms. The topological polar surface area (TPSA) is 46.6 Å². The van der Waals surface area contributed by atoms with E-state index in [1.807, 2.05) is 13.8 Å². The molecule has 1 amide bonds. The molecule has 0 radical (unpaired) electrons. The third kappa shape index (κ3) is 2.16. The van der Waals surface area contributed by atoms with Gasteiger partial charge in [-0.2, -0.15) is 0 Å². The van der Waals surface area contributed by atoms with Gasteiger partial charge >= 0.3 is 0 Å². The Labute approximate surface area is 113 Å². The Bertz CT molecular complexity index is 430. The van der Waals surface area contributed by atoms with Gasteiger partial charge in [0.15, 0.2) is 5.78 Å². The van der Waals surface area contributed by atoms with Gasteiger partial charge in [0, 0.05) is 56.8 Å². The predicted molar refractivity (Wildman–Crippen MR) is 70.9 cm³/mol. The zero-order chi connectivity index (χ0) is 13.5. The van der Waals surface area contributed by atoms with E-state index in [4.69, 9.17) is 4.18 Å². The maximum atomic E-state index is 12.3. The van der Waals surface area contributed by atoms with Crippen molar-refractivity contribution in [3.8, 4) is 0 Å². The average molecular weight is 269 g/mol. The number of nitrogens with zero attached hydrogens (tertiary/aromatic N) is 1. The van der Waals surface area contributed by atoms with Crippen LogP contribution in [0.5, 0.6) is 0 Å². The minimum absolute atomic E-state index is 0.100. The lowest BCUT2D eigenvalue weighted by molar-refractivity contribution is -0.126. The quantitative estimate of drug-likeness (QED) is 0.616. The maximum Gasteiger partial charge on any atom is 0.222 e. The molecule has 0 aromatic rings. The molecule has 1 aliphatic heterocycles. The zero-order valence-electron chi connectivity index (χ0n) is 11.0. The molecule has 0 saturated carbocycles. The fourth-order valence-electron chi connectivity index (χ4n) is 3.15. The number of hydrogen-bond acceptors (Lipinski definition) is 4. The molecular formula is C13H19NO3S. The molecule has 5 heteroatoms. The number of carbonyl (C=O) groups is 2. The van der Waals surface area contributed by atoms with Crippen molar-refractivity contribution >= 4 is 24.6 Å². The molecule has 0 aromatic carbocycles. The first kappa shape index (κ1) is 13.5. The van der Waals surface area contributed by atoms with Crippen molar-refractivity contribution in [2.45, 2.75) is 33.1 Å². The Morgan fingerprint density at radius 3 is 2.39 bits per heavy atom. The van der Waals surface area contributed by atoms with Crippen molar-refractivity contribution < 1.29 is 13.8 Å². The zero-order valence-corrected chi connectivity index (χ0v) is 11.9. The molecule has 0 N–H and O–H groups in total. The molecule has 1 atom stereocenters. The standard InChI is InChI=1S/C13H19NO3S/c1-8(2)12-9(15)4-13(5-10(12)17-18)6-11(16)14(3)7-13/h8,18H,4-7H2,1-3H3. The summed E-state index contributed by atoms with van der Waals surface area (Å²) in [5, 5.41) is 0. The van der Waals surface area contributed by atoms with Gasteiger partial charge in [0.2, 0.25) is 5.91 Å². The largest absolute Gasteiger partial charge is 0.433 e. The summed E-state index contributed by atoms with van der Waals surface area (Å²) in [5.74, 6) is 0.984. The van der Waals surface area contributed by atoms with E-state index in [0.717, 1.165) is 5.57 Å². The van der Waals surface area contributed by atoms with Gasteiger partial charge < -0.3 is 9.08 Å². The average Bonchev–Trinajstić information content (AvgIpc) is 2.51. The summed E-state index contributed by atoms with van der Waals surface area (Å²) < 4.78 is 5.12. The molecule has 18 heavy (non-hydrogen) atoms. The van der Waals surface area contributed by atoms with E-state index in [9.17, 15) is 9.59 Å². The highest BCUT2D eigenvalue weighted by Gasteiger charge is 2.48. The monoisotopic (exact) mass is 269 g/mol. The molecule has 1 heterocycles. The van der Waals surface area contributed by atoms with Crippen molar-refractivity contribution in [3.05, 3.63) is 11.3 Å². The van der Waals surface area contributed by atoms with E-state index in [1.165, 1.54) is 0 Å². The van der Waals surface area contributed by atoms with Crippen LogP contribution in [-0.2, 0) is 13.8 Å². The second-order valence-electron chi connectivity index (χ2n) is 5.79. The first-order valence-corrected chi connectivity index (χ1v) is 6.57. The highest BCUT2D eigenvalue weighted by molar-refractivity contribution is 7.75. The summed E-state index contributed by atoms with van der Waals surface area (Å²) >= 11 is 3.87. The van der Waals surface area contributed by atoms with Crippen LogP contribution >= 0.6 is 12.9 Å². The third-order valence-electron chi connectivity index (χ3n) is 3.88. The first-order chi connectivity index (χ1) is 8.38. The molecule has 1 unspecified atom stereocenters. The van der Waals surface area contributed by atoms with Crippen LogP contribution in [0.2, 0.25) is 0 Å². The van der Waals surface area contributed by atoms with Crippen molar-refractivity contribution in [1.29, 1.82) is 0 Å². The van der Waals surface area contributed by atoms with Crippen LogP contribution in [0.1, 0.15) is 33.1 Å². The Morgan fingerprint density at radius 1 is 1.28 bits per heavy atom. The predicted octanol–water partition coefficient (Wildman–Crippen LogP) is 1.97. The molecule has 2 aliphatic rings. The summed E-state index contributed by atoms with van der Waals surface area (Å²) in [5.41, 5.74) is 0.456. The van der Waals surface area contributed by atoms with Crippen LogP contribution in [0, 0.1) is 11.3 Å². The SMILES string of the molecule is CC(C)C1=C(OS)CC2(CC1=O)CC(=O)N(C)C2. The maximum absolute atomic E-state index is 12.3. The van der Waals surface area contributed by atoms with E-state index in [1.54, 1.807) is 11.9 Å². The molecule has 1 aliphatic carbocycles. The van der Waals surface area contributed by atoms with Crippen LogP contribution in [0.4, 0.5) is 0 Å². The molecule has 1 saturated heterocycles. The van der Waals surface area contributed by atoms with E-state index in [-0.39, 0.29) is 23.0 Å². The number of ketones is 1. The van der Waals surface area contributed by atoms with Gasteiger partial charge in [-0.3, -0.25) is 9.59 Å². The number of carbonyl (C=O) groups excluding carboxylic acids is 2. The summed E-state index contributed by atoms with van der Waals surface area (Å²) in [7, 11) is 1.78. The molecule has 0 bridgehead atoms. The number of Topliss-reactive ketones (excluding diaryl/α,β-unsaturated/α-hetero) is 1. The van der Waals surface area contributed by atoms with E-state index >= 15 is 0 Å². The van der Waals surface area contributed by atoms with Crippen molar-refractivity contribution in [2.24, 2.45) is 11.3 Å². The highest BCUT2D eigenvalue weighted by Crippen LogP contribution is 2.46. The molecule has 1 fully saturated rings. The van der Waals surface area contributed by atoms with Crippen LogP contribution in [0.15, 0.2) is 11.3 Å². The van der Waals surface area contributed by atoms with Crippen LogP contribution in [0.3, 0.4) is 0 Å². The smallest absolute Gasteiger partial charge is 0.222 e. The first-order valence-electron chi connectivity index (χ1n) is 6.20. The van der Waals surface area contributed by atoms with Gasteiger partial charge in [-0.05, 0) is 5.92 Å². The van der Waals surface area contributed by atoms with Crippen LogP contribution in [0.25, 0.3) is 0 Å². The second-order valence-corrected chi connectivity index (χ2v) is 5.97. The molecule has 0 aromatic heterocycles. The fourth-order valence-corrected chi connectivity index (χ4v) is 3.32. The minimum atomic E-state index is -0.278. The van der Waals surface area contributed by atoms with Gasteiger partial charge in [-0.25, -0.2) is 0 Å². The van der Waals surface area contributed by atoms with Gasteiger partial charge in [0.25, 0.3) is 0 Å². The normalized spacial score (nSPS) is 28.8. The second kappa shape index (κ2) is 4.61. The Hall–Kier alpha value is -0.970. The summed E-state index contributed by atoms with van der Waals surface area (Å²) in [4.78, 5) is 25.7. The number of hydrogen-bond donors (Lipinski definition) is 1. The number of rotatable bonds is 2. The lowest BCUT2D eigenvalue weighted by Gasteiger charge is -2.34. The van der Waals surface area contributed by atoms with E-state index in [0.29, 0.717) is 31.6 Å². The summed E-state index contributed by atoms with van der Waals surface area (Å²) in [6, 6.07) is 0. The van der Waals surface area contributed by atoms with Crippen molar-refractivity contribution in [3.63, 3.8) is 0 Å². The van der Waals surface area contributed by atoms with Gasteiger partial charge in [-0.15, -0.1) is 0 Å². The van der Waals surface area contributed by atoms with Crippen molar-refractivity contribution in [1.82, 2.24) is 4.90 Å². The Morgan fingerprint density at radius 2 is 1.94 bits per heavy atom. The Balaban J connectivity index is 2.33. The van der Waals surface area contributed by atoms with E-state index in [2.05, 4.69) is 12.9 Å². The fraction of sp³-hybridized carbons (Fsp3) is 0.692. The van der Waals surface area contributed by atoms with Crippen LogP contribution < -0.4 is 0 Å². The van der Waals surface area contributed by atoms with Gasteiger partial charge in [-0.1, -0.05) is 13.8 Å². The summed E-state index contributed by atoms with van der Waals surface area (Å²) in [6.45, 7) is 4.58. The van der Waals surface area contributed by atoms with Crippen molar-refractivity contribution in [2.75, 3.05) is 13.6 Å².